The van der Waals surface area contributed by atoms with E-state index in [-0.39, 0.29) is 23.8 Å². The van der Waals surface area contributed by atoms with E-state index in [1.165, 1.54) is 6.42 Å². The maximum Gasteiger partial charge on any atom is 0.246 e. The van der Waals surface area contributed by atoms with Gasteiger partial charge < -0.3 is 25.0 Å². The van der Waals surface area contributed by atoms with Gasteiger partial charge in [-0.2, -0.15) is 0 Å². The van der Waals surface area contributed by atoms with Crippen molar-refractivity contribution in [2.24, 2.45) is 17.8 Å². The first-order chi connectivity index (χ1) is 18.4. The average molecular weight is 524 g/mol. The van der Waals surface area contributed by atoms with Crippen molar-refractivity contribution in [1.82, 2.24) is 10.2 Å². The quantitative estimate of drug-likeness (QED) is 0.356. The van der Waals surface area contributed by atoms with Gasteiger partial charge in [0.2, 0.25) is 17.7 Å². The first kappa shape index (κ1) is 26.7. The number of unbranched alkanes of at least 4 members (excludes halogenated alkanes) is 3. The molecule has 7 unspecified atom stereocenters. The third-order valence-corrected chi connectivity index (χ3v) is 8.95. The molecule has 8 nitrogen and oxygen atoms in total. The Kier molecular flexibility index (Phi) is 7.80. The number of carbonyl (C=O) groups is 3. The highest BCUT2D eigenvalue weighted by Crippen LogP contribution is 2.55. The molecule has 3 fully saturated rings. The Labute approximate surface area is 225 Å². The largest absolute Gasteiger partial charge is 0.497 e. The van der Waals surface area contributed by atoms with Gasteiger partial charge in [0.1, 0.15) is 17.4 Å². The fourth-order valence-corrected chi connectivity index (χ4v) is 6.94. The number of likely N-dealkylation sites (tertiary alicyclic amines) is 1. The van der Waals surface area contributed by atoms with Crippen LogP contribution in [-0.4, -0.2) is 60.1 Å². The van der Waals surface area contributed by atoms with E-state index >= 15 is 0 Å². The molecule has 7 atom stereocenters. The minimum absolute atomic E-state index is 0.0958. The van der Waals surface area contributed by atoms with E-state index in [9.17, 15) is 14.4 Å². The van der Waals surface area contributed by atoms with Gasteiger partial charge in [-0.3, -0.25) is 14.4 Å². The van der Waals surface area contributed by atoms with Crippen LogP contribution in [-0.2, 0) is 19.1 Å². The molecule has 38 heavy (non-hydrogen) atoms. The van der Waals surface area contributed by atoms with E-state index in [4.69, 9.17) is 9.47 Å². The molecule has 206 valence electrons. The van der Waals surface area contributed by atoms with Gasteiger partial charge >= 0.3 is 0 Å². The van der Waals surface area contributed by atoms with E-state index in [0.717, 1.165) is 44.9 Å². The van der Waals surface area contributed by atoms with Gasteiger partial charge in [-0.25, -0.2) is 0 Å². The van der Waals surface area contributed by atoms with Gasteiger partial charge in [0.05, 0.1) is 25.0 Å². The molecule has 1 aromatic rings. The van der Waals surface area contributed by atoms with Gasteiger partial charge in [-0.15, -0.1) is 0 Å². The van der Waals surface area contributed by atoms with Crippen LogP contribution in [0.1, 0.15) is 65.2 Å². The predicted molar refractivity (Wildman–Crippen MR) is 145 cm³/mol. The summed E-state index contributed by atoms with van der Waals surface area (Å²) in [6, 6.07) is 6.47. The highest BCUT2D eigenvalue weighted by Gasteiger charge is 2.72. The van der Waals surface area contributed by atoms with E-state index in [0.29, 0.717) is 23.9 Å². The molecule has 0 radical (unpaired) electrons. The summed E-state index contributed by atoms with van der Waals surface area (Å²) in [7, 11) is 1.57. The van der Waals surface area contributed by atoms with Crippen molar-refractivity contribution in [3.8, 4) is 5.75 Å². The summed E-state index contributed by atoms with van der Waals surface area (Å²) in [6.07, 6.45) is 11.5. The second-order valence-electron chi connectivity index (χ2n) is 11.4. The molecule has 3 heterocycles. The van der Waals surface area contributed by atoms with Crippen LogP contribution in [0.25, 0.3) is 0 Å². The lowest BCUT2D eigenvalue weighted by atomic mass is 9.74. The molecule has 3 amide bonds. The maximum atomic E-state index is 14.0. The van der Waals surface area contributed by atoms with Crippen LogP contribution in [0.5, 0.6) is 5.75 Å². The van der Waals surface area contributed by atoms with Crippen molar-refractivity contribution in [2.45, 2.75) is 89.0 Å². The molecule has 2 bridgehead atoms. The van der Waals surface area contributed by atoms with Gasteiger partial charge in [0.15, 0.2) is 0 Å². The predicted octanol–water partition coefficient (Wildman–Crippen LogP) is 4.06. The third kappa shape index (κ3) is 4.72. The van der Waals surface area contributed by atoms with Crippen molar-refractivity contribution in [3.05, 3.63) is 36.4 Å². The van der Waals surface area contributed by atoms with E-state index in [1.54, 1.807) is 36.3 Å². The van der Waals surface area contributed by atoms with Crippen molar-refractivity contribution in [3.63, 3.8) is 0 Å². The zero-order valence-corrected chi connectivity index (χ0v) is 22.8. The van der Waals surface area contributed by atoms with Gasteiger partial charge in [-0.1, -0.05) is 64.2 Å². The Hall–Kier alpha value is -2.87. The molecule has 2 N–H and O–H groups in total. The minimum atomic E-state index is -1.12. The third-order valence-electron chi connectivity index (χ3n) is 8.95. The summed E-state index contributed by atoms with van der Waals surface area (Å²) in [5, 5.41) is 6.25. The standard InChI is InChI=1S/C30H41N3O5/c1-4-5-6-9-17-33-26(28(35)32-22-14-8-7-11-19(22)2)30-16-15-23(38-30)24(25(30)29(33)36)27(34)31-20-12-10-13-21(18-20)37-3/h10,12-13,15-16,18-19,22-26H,4-9,11,14,17H2,1-3H3,(H,31,34)(H,32,35). The molecule has 1 aromatic carbocycles. The first-order valence-electron chi connectivity index (χ1n) is 14.3. The lowest BCUT2D eigenvalue weighted by Crippen LogP contribution is -2.57. The number of rotatable bonds is 10. The van der Waals surface area contributed by atoms with Crippen molar-refractivity contribution < 1.29 is 23.9 Å². The van der Waals surface area contributed by atoms with E-state index in [1.807, 2.05) is 12.2 Å². The Morgan fingerprint density at radius 3 is 2.74 bits per heavy atom. The Morgan fingerprint density at radius 2 is 1.97 bits per heavy atom. The smallest absolute Gasteiger partial charge is 0.246 e. The molecule has 2 saturated heterocycles. The molecule has 0 aromatic heterocycles. The maximum absolute atomic E-state index is 14.0. The second kappa shape index (κ2) is 11.1. The molecular weight excluding hydrogens is 482 g/mol. The van der Waals surface area contributed by atoms with E-state index < -0.39 is 29.6 Å². The Balaban J connectivity index is 1.41. The van der Waals surface area contributed by atoms with Crippen LogP contribution < -0.4 is 15.4 Å². The second-order valence-corrected chi connectivity index (χ2v) is 11.4. The number of nitrogens with one attached hydrogen (secondary N) is 2. The fraction of sp³-hybridized carbons (Fsp3) is 0.633. The highest BCUT2D eigenvalue weighted by molar-refractivity contribution is 6.02. The summed E-state index contributed by atoms with van der Waals surface area (Å²) in [5.41, 5.74) is -0.525. The Morgan fingerprint density at radius 1 is 1.16 bits per heavy atom. The SMILES string of the molecule is CCCCCCN1C(=O)C2C(C(=O)Nc3cccc(OC)c3)C3C=CC2(O3)C1C(=O)NC1CCCCC1C. The van der Waals surface area contributed by atoms with Gasteiger partial charge in [-0.05, 0) is 37.3 Å². The minimum Gasteiger partial charge on any atom is -0.497 e. The van der Waals surface area contributed by atoms with Crippen LogP contribution in [0.15, 0.2) is 36.4 Å². The van der Waals surface area contributed by atoms with E-state index in [2.05, 4.69) is 24.5 Å². The summed E-state index contributed by atoms with van der Waals surface area (Å²) < 4.78 is 11.7. The molecule has 1 aliphatic carbocycles. The topological polar surface area (TPSA) is 97.0 Å². The van der Waals surface area contributed by atoms with Crippen molar-refractivity contribution in [1.29, 1.82) is 0 Å². The monoisotopic (exact) mass is 523 g/mol. The molecule has 5 rings (SSSR count). The molecule has 1 saturated carbocycles. The lowest BCUT2D eigenvalue weighted by molar-refractivity contribution is -0.141. The van der Waals surface area contributed by atoms with Crippen LogP contribution in [0.3, 0.4) is 0 Å². The van der Waals surface area contributed by atoms with Crippen molar-refractivity contribution in [2.75, 3.05) is 19.0 Å². The van der Waals surface area contributed by atoms with Crippen LogP contribution in [0.2, 0.25) is 0 Å². The van der Waals surface area contributed by atoms with Crippen LogP contribution in [0, 0.1) is 17.8 Å². The van der Waals surface area contributed by atoms with Crippen molar-refractivity contribution >= 4 is 23.4 Å². The number of hydrogen-bond donors (Lipinski definition) is 2. The number of nitrogens with zero attached hydrogens (tertiary/aromatic N) is 1. The number of carbonyl (C=O) groups excluding carboxylic acids is 3. The van der Waals surface area contributed by atoms with Gasteiger partial charge in [0, 0.05) is 24.3 Å². The molecule has 1 spiro atoms. The lowest BCUT2D eigenvalue weighted by Gasteiger charge is -2.36. The summed E-state index contributed by atoms with van der Waals surface area (Å²) >= 11 is 0. The zero-order valence-electron chi connectivity index (χ0n) is 22.8. The summed E-state index contributed by atoms with van der Waals surface area (Å²) in [4.78, 5) is 43.2. The zero-order chi connectivity index (χ0) is 26.9. The molecule has 4 aliphatic rings. The van der Waals surface area contributed by atoms with Crippen LogP contribution in [0.4, 0.5) is 5.69 Å². The fourth-order valence-electron chi connectivity index (χ4n) is 6.94. The normalized spacial score (nSPS) is 33.3. The summed E-state index contributed by atoms with van der Waals surface area (Å²) in [5.74, 6) is -0.996. The number of hydrogen-bond acceptors (Lipinski definition) is 5. The average Bonchev–Trinajstić information content (AvgIpc) is 3.55. The number of benzene rings is 1. The number of amides is 3. The molecule has 8 heteroatoms. The van der Waals surface area contributed by atoms with Gasteiger partial charge in [0.25, 0.3) is 0 Å². The molecular formula is C30H41N3O5. The molecule has 3 aliphatic heterocycles. The highest BCUT2D eigenvalue weighted by atomic mass is 16.5. The number of methoxy groups -OCH3 is 1. The number of fused-ring (bicyclic) bond motifs is 1. The number of ether oxygens (including phenoxy) is 2. The van der Waals surface area contributed by atoms with Crippen LogP contribution >= 0.6 is 0 Å². The summed E-state index contributed by atoms with van der Waals surface area (Å²) in [6.45, 7) is 4.82. The number of anilines is 1. The Bertz CT molecular complexity index is 1090. The first-order valence-corrected chi connectivity index (χ1v) is 14.3.